The lowest BCUT2D eigenvalue weighted by molar-refractivity contribution is 0.669. The van der Waals surface area contributed by atoms with Gasteiger partial charge in [0.2, 0.25) is 0 Å². The highest BCUT2D eigenvalue weighted by Crippen LogP contribution is 2.52. The van der Waals surface area contributed by atoms with Crippen molar-refractivity contribution in [3.05, 3.63) is 360 Å². The summed E-state index contributed by atoms with van der Waals surface area (Å²) in [5.41, 5.74) is 25.9. The summed E-state index contributed by atoms with van der Waals surface area (Å²) in [6.45, 7) is 12.9. The third-order valence-corrected chi connectivity index (χ3v) is 20.6. The van der Waals surface area contributed by atoms with Gasteiger partial charge in [-0.05, 0) is 201 Å². The summed E-state index contributed by atoms with van der Waals surface area (Å²) in [7, 11) is 0. The minimum Gasteiger partial charge on any atom is -0.456 e. The van der Waals surface area contributed by atoms with Gasteiger partial charge in [0.15, 0.2) is 0 Å². The molecular formula is C96H74N4O2. The Hall–Kier alpha value is -12.6. The zero-order valence-corrected chi connectivity index (χ0v) is 58.0. The van der Waals surface area contributed by atoms with E-state index in [-0.39, 0.29) is 0 Å². The van der Waals surface area contributed by atoms with E-state index < -0.39 is 0 Å². The van der Waals surface area contributed by atoms with Crippen LogP contribution in [0.1, 0.15) is 44.5 Å². The van der Waals surface area contributed by atoms with E-state index in [0.717, 1.165) is 168 Å². The van der Waals surface area contributed by atoms with E-state index in [2.05, 4.69) is 377 Å². The van der Waals surface area contributed by atoms with Crippen molar-refractivity contribution < 1.29 is 8.83 Å². The first kappa shape index (κ1) is 61.7. The minimum absolute atomic E-state index is 0.835. The summed E-state index contributed by atoms with van der Waals surface area (Å²) in [6.07, 6.45) is 1.69. The first-order valence-corrected chi connectivity index (χ1v) is 35.4. The molecule has 0 atom stereocenters. The molecule has 0 N–H and O–H groups in total. The van der Waals surface area contributed by atoms with E-state index >= 15 is 0 Å². The van der Waals surface area contributed by atoms with Crippen molar-refractivity contribution in [2.75, 3.05) is 19.6 Å². The molecule has 2 heterocycles. The fourth-order valence-electron chi connectivity index (χ4n) is 15.7. The van der Waals surface area contributed by atoms with Gasteiger partial charge in [0, 0.05) is 113 Å². The molecule has 2 aromatic heterocycles. The fourth-order valence-corrected chi connectivity index (χ4v) is 15.7. The summed E-state index contributed by atoms with van der Waals surface area (Å²) >= 11 is 0. The van der Waals surface area contributed by atoms with Crippen LogP contribution in [-0.4, -0.2) is 0 Å². The van der Waals surface area contributed by atoms with Crippen LogP contribution in [0.3, 0.4) is 0 Å². The fraction of sp³-hybridized carbons (Fsp3) is 0.0833. The van der Waals surface area contributed by atoms with E-state index in [0.29, 0.717) is 0 Å². The number of hydrogen-bond acceptors (Lipinski definition) is 6. The van der Waals surface area contributed by atoms with E-state index in [4.69, 9.17) is 8.83 Å². The van der Waals surface area contributed by atoms with Crippen LogP contribution in [0, 0.1) is 41.5 Å². The number of fused-ring (bicyclic) bond motifs is 14. The predicted molar refractivity (Wildman–Crippen MR) is 432 cm³/mol. The zero-order valence-electron chi connectivity index (χ0n) is 58.0. The van der Waals surface area contributed by atoms with Gasteiger partial charge in [-0.2, -0.15) is 0 Å². The smallest absolute Gasteiger partial charge is 0.138 e. The number of nitrogens with zero attached hydrogens (tertiary/aromatic N) is 4. The van der Waals surface area contributed by atoms with Gasteiger partial charge in [0.1, 0.15) is 22.3 Å². The molecule has 0 fully saturated rings. The van der Waals surface area contributed by atoms with Crippen LogP contribution in [0.4, 0.5) is 68.2 Å². The van der Waals surface area contributed by atoms with Gasteiger partial charge in [0.25, 0.3) is 0 Å². The molecule has 0 bridgehead atoms. The van der Waals surface area contributed by atoms with Gasteiger partial charge < -0.3 is 28.4 Å². The van der Waals surface area contributed by atoms with E-state index in [9.17, 15) is 0 Å². The second-order valence-electron chi connectivity index (χ2n) is 27.7. The molecule has 0 aliphatic heterocycles. The Morgan fingerprint density at radius 2 is 0.451 bits per heavy atom. The van der Waals surface area contributed by atoms with E-state index in [1.165, 1.54) is 44.5 Å². The summed E-state index contributed by atoms with van der Waals surface area (Å²) in [5.74, 6) is 0. The van der Waals surface area contributed by atoms with Crippen molar-refractivity contribution in [2.24, 2.45) is 0 Å². The first-order valence-electron chi connectivity index (χ1n) is 35.4. The van der Waals surface area contributed by atoms with Crippen molar-refractivity contribution in [3.8, 4) is 0 Å². The van der Waals surface area contributed by atoms with Gasteiger partial charge in [-0.3, -0.25) is 0 Å². The summed E-state index contributed by atoms with van der Waals surface area (Å²) in [5, 5.41) is 13.6. The van der Waals surface area contributed by atoms with E-state index in [1.54, 1.807) is 0 Å². The van der Waals surface area contributed by atoms with Gasteiger partial charge in [-0.15, -0.1) is 0 Å². The monoisotopic (exact) mass is 1310 g/mol. The summed E-state index contributed by atoms with van der Waals surface area (Å²) in [6, 6.07) is 116. The van der Waals surface area contributed by atoms with Crippen molar-refractivity contribution in [2.45, 2.75) is 54.4 Å². The van der Waals surface area contributed by atoms with Gasteiger partial charge in [-0.25, -0.2) is 0 Å². The van der Waals surface area contributed by atoms with Crippen molar-refractivity contribution >= 4 is 155 Å². The number of hydrogen-bond donors (Lipinski definition) is 0. The maximum Gasteiger partial charge on any atom is 0.138 e. The Morgan fingerprint density at radius 3 is 0.755 bits per heavy atom. The largest absolute Gasteiger partial charge is 0.456 e. The second kappa shape index (κ2) is 25.3. The molecule has 0 amide bonds. The Morgan fingerprint density at radius 1 is 0.196 bits per heavy atom. The van der Waals surface area contributed by atoms with Crippen molar-refractivity contribution in [3.63, 3.8) is 0 Å². The number of rotatable bonds is 15. The Bertz CT molecular complexity index is 6190. The molecule has 102 heavy (non-hydrogen) atoms. The standard InChI is InChI=1S/C96H74N4O2/c1-61-35-45-69(46-36-61)97(70-47-37-62(2)38-48-70)85-57-89-93(81-31-11-7-27-77(81)85)94-82-32-12-8-28-78(82)86(58-90(94)101-89)98(71-49-39-63(3)40-50-71)72-51-43-67(44-52-72)41-42-68-22-18-26-76(56-68)100(75-25-17-21-66(6)55-75)88-60-92-96(84-34-14-10-30-80(84)88)95-83-33-13-9-29-79(83)87(59-91(95)102-92)99(73-23-15-19-64(4)53-73)74-24-16-20-65(5)54-74/h7-40,43-60H,41-42H2,1-6H3. The Kier molecular flexibility index (Phi) is 15.3. The lowest BCUT2D eigenvalue weighted by atomic mass is 9.96. The highest BCUT2D eigenvalue weighted by molar-refractivity contribution is 6.32. The first-order chi connectivity index (χ1) is 50.0. The molecule has 18 rings (SSSR count). The number of anilines is 12. The number of benzene rings is 16. The number of furan rings is 2. The minimum atomic E-state index is 0.835. The Labute approximate surface area is 594 Å². The molecular weight excluding hydrogens is 1240 g/mol. The van der Waals surface area contributed by atoms with Crippen LogP contribution >= 0.6 is 0 Å². The van der Waals surface area contributed by atoms with E-state index in [1.807, 2.05) is 0 Å². The highest BCUT2D eigenvalue weighted by atomic mass is 16.3. The maximum absolute atomic E-state index is 7.29. The van der Waals surface area contributed by atoms with Crippen LogP contribution in [0.25, 0.3) is 87.0 Å². The van der Waals surface area contributed by atoms with Crippen LogP contribution in [0.2, 0.25) is 0 Å². The van der Waals surface area contributed by atoms with Crippen LogP contribution < -0.4 is 19.6 Å². The molecule has 0 saturated heterocycles. The second-order valence-corrected chi connectivity index (χ2v) is 27.7. The third kappa shape index (κ3) is 10.9. The molecule has 0 saturated carbocycles. The van der Waals surface area contributed by atoms with Gasteiger partial charge >= 0.3 is 0 Å². The molecule has 0 spiro atoms. The molecule has 0 radical (unpaired) electrons. The summed E-state index contributed by atoms with van der Waals surface area (Å²) < 4.78 is 14.6. The van der Waals surface area contributed by atoms with Crippen LogP contribution in [0.15, 0.2) is 324 Å². The van der Waals surface area contributed by atoms with Gasteiger partial charge in [0.05, 0.1) is 22.7 Å². The quantitative estimate of drug-likeness (QED) is 0.102. The Balaban J connectivity index is 0.708. The molecule has 16 aromatic carbocycles. The normalized spacial score (nSPS) is 11.7. The topological polar surface area (TPSA) is 39.2 Å². The molecule has 0 aliphatic rings. The van der Waals surface area contributed by atoms with Crippen molar-refractivity contribution in [1.82, 2.24) is 0 Å². The SMILES string of the molecule is Cc1ccc(N(c2ccc(C)cc2)c2cc3oc4cc(N(c5ccc(C)cc5)c5ccc(CCc6cccc(N(c7cccc(C)c7)c7cc8oc9cc(N(c%10cccc(C)c%10)c%10cccc(C)c%10)c%10ccccc%10c9c8c8ccccc78)c6)cc5)c5ccccc5c4c3c3ccccc23)cc1. The summed E-state index contributed by atoms with van der Waals surface area (Å²) in [4.78, 5) is 9.59. The molecule has 6 heteroatoms. The van der Waals surface area contributed by atoms with Crippen molar-refractivity contribution in [1.29, 1.82) is 0 Å². The van der Waals surface area contributed by atoms with Crippen LogP contribution in [-0.2, 0) is 12.8 Å². The molecule has 0 unspecified atom stereocenters. The van der Waals surface area contributed by atoms with Crippen LogP contribution in [0.5, 0.6) is 0 Å². The molecule has 18 aromatic rings. The molecule has 6 nitrogen and oxygen atoms in total. The lowest BCUT2D eigenvalue weighted by Gasteiger charge is -2.28. The number of aryl methyl sites for hydroxylation is 8. The molecule has 0 aliphatic carbocycles. The highest BCUT2D eigenvalue weighted by Gasteiger charge is 2.28. The zero-order chi connectivity index (χ0) is 68.7. The maximum atomic E-state index is 7.29. The lowest BCUT2D eigenvalue weighted by Crippen LogP contribution is -2.11. The predicted octanol–water partition coefficient (Wildman–Crippen LogP) is 27.6. The average molecular weight is 1320 g/mol. The van der Waals surface area contributed by atoms with Gasteiger partial charge in [-0.1, -0.05) is 211 Å². The third-order valence-electron chi connectivity index (χ3n) is 20.6. The average Bonchev–Trinajstić information content (AvgIpc) is 1.53. The molecule has 490 valence electrons.